The quantitative estimate of drug-likeness (QED) is 0.689. The lowest BCUT2D eigenvalue weighted by Crippen LogP contribution is -2.42. The molecule has 1 aliphatic rings. The summed E-state index contributed by atoms with van der Waals surface area (Å²) in [4.78, 5) is 26.7. The van der Waals surface area contributed by atoms with E-state index in [1.54, 1.807) is 16.7 Å². The lowest BCUT2D eigenvalue weighted by molar-refractivity contribution is -0.123. The van der Waals surface area contributed by atoms with Crippen molar-refractivity contribution in [3.8, 4) is 22.7 Å². The van der Waals surface area contributed by atoms with Gasteiger partial charge in [0.25, 0.3) is 5.91 Å². The number of primary amides is 1. The van der Waals surface area contributed by atoms with Gasteiger partial charge < -0.3 is 15.4 Å². The summed E-state index contributed by atoms with van der Waals surface area (Å²) in [5, 5.41) is 4.75. The van der Waals surface area contributed by atoms with Crippen LogP contribution in [0, 0.1) is 12.8 Å². The summed E-state index contributed by atoms with van der Waals surface area (Å²) in [6.45, 7) is 3.02. The Balaban J connectivity index is 1.71. The van der Waals surface area contributed by atoms with E-state index >= 15 is 0 Å². The van der Waals surface area contributed by atoms with Crippen LogP contribution in [-0.2, 0) is 4.79 Å². The number of methoxy groups -OCH3 is 1. The lowest BCUT2D eigenvalue weighted by atomic mass is 9.96. The average Bonchev–Trinajstić information content (AvgIpc) is 3.24. The fourth-order valence-corrected chi connectivity index (χ4v) is 3.87. The Morgan fingerprint density at radius 3 is 2.42 bits per heavy atom. The zero-order chi connectivity index (χ0) is 22.0. The number of benzene rings is 2. The number of hydrogen-bond acceptors (Lipinski definition) is 4. The number of rotatable bonds is 5. The van der Waals surface area contributed by atoms with Gasteiger partial charge in [-0.15, -0.1) is 0 Å². The number of aromatic nitrogens is 2. The summed E-state index contributed by atoms with van der Waals surface area (Å²) in [7, 11) is 1.62. The molecule has 2 amide bonds. The van der Waals surface area contributed by atoms with Crippen LogP contribution < -0.4 is 10.5 Å². The molecule has 0 radical (unpaired) electrons. The molecule has 2 heterocycles. The number of nitrogens with zero attached hydrogens (tertiary/aromatic N) is 3. The maximum absolute atomic E-state index is 13.4. The van der Waals surface area contributed by atoms with E-state index in [0.29, 0.717) is 37.3 Å². The third kappa shape index (κ3) is 4.30. The molecule has 7 nitrogen and oxygen atoms in total. The van der Waals surface area contributed by atoms with Crippen LogP contribution in [0.5, 0.6) is 5.75 Å². The van der Waals surface area contributed by atoms with Gasteiger partial charge in [-0.2, -0.15) is 5.10 Å². The van der Waals surface area contributed by atoms with Crippen molar-refractivity contribution in [2.75, 3.05) is 20.2 Å². The molecule has 2 N–H and O–H groups in total. The summed E-state index contributed by atoms with van der Waals surface area (Å²) in [5.41, 5.74) is 9.42. The number of piperidine rings is 1. The Kier molecular flexibility index (Phi) is 5.75. The Labute approximate surface area is 181 Å². The summed E-state index contributed by atoms with van der Waals surface area (Å²) in [6.07, 6.45) is 1.17. The fourth-order valence-electron chi connectivity index (χ4n) is 3.87. The van der Waals surface area contributed by atoms with Crippen molar-refractivity contribution in [2.24, 2.45) is 11.7 Å². The first-order valence-electron chi connectivity index (χ1n) is 10.4. The van der Waals surface area contributed by atoms with Crippen LogP contribution in [0.4, 0.5) is 0 Å². The van der Waals surface area contributed by atoms with E-state index in [1.807, 2.05) is 61.5 Å². The van der Waals surface area contributed by atoms with Crippen molar-refractivity contribution in [3.05, 3.63) is 65.9 Å². The van der Waals surface area contributed by atoms with Crippen LogP contribution in [0.1, 0.15) is 28.9 Å². The molecule has 1 fully saturated rings. The third-order valence-electron chi connectivity index (χ3n) is 5.76. The molecule has 0 bridgehead atoms. The van der Waals surface area contributed by atoms with Crippen molar-refractivity contribution < 1.29 is 14.3 Å². The molecule has 1 aliphatic heterocycles. The van der Waals surface area contributed by atoms with E-state index < -0.39 is 0 Å². The first-order valence-corrected chi connectivity index (χ1v) is 10.4. The number of carbonyl (C=O) groups is 2. The Morgan fingerprint density at radius 1 is 1.06 bits per heavy atom. The molecule has 2 aromatic carbocycles. The molecular formula is C24H26N4O3. The second-order valence-corrected chi connectivity index (χ2v) is 7.86. The predicted molar refractivity (Wildman–Crippen MR) is 118 cm³/mol. The van der Waals surface area contributed by atoms with Gasteiger partial charge in [0, 0.05) is 24.6 Å². The van der Waals surface area contributed by atoms with Crippen molar-refractivity contribution in [2.45, 2.75) is 19.8 Å². The topological polar surface area (TPSA) is 90.5 Å². The van der Waals surface area contributed by atoms with E-state index in [1.165, 1.54) is 0 Å². The average molecular weight is 418 g/mol. The van der Waals surface area contributed by atoms with Gasteiger partial charge in [0.15, 0.2) is 0 Å². The summed E-state index contributed by atoms with van der Waals surface area (Å²) >= 11 is 0. The van der Waals surface area contributed by atoms with Crippen LogP contribution in [-0.4, -0.2) is 46.7 Å². The molecule has 0 spiro atoms. The second-order valence-electron chi connectivity index (χ2n) is 7.86. The van der Waals surface area contributed by atoms with Crippen molar-refractivity contribution >= 4 is 11.8 Å². The normalized spacial score (nSPS) is 14.5. The van der Waals surface area contributed by atoms with Crippen LogP contribution in [0.15, 0.2) is 54.6 Å². The zero-order valence-corrected chi connectivity index (χ0v) is 17.7. The standard InChI is InChI=1S/C24H26N4O3/c1-16-6-8-19(9-7-16)28-22(24(30)27-12-10-17(11-13-27)23(25)29)15-21(26-28)18-4-3-5-20(14-18)31-2/h3-9,14-15,17H,10-13H2,1-2H3,(H2,25,29). The first-order chi connectivity index (χ1) is 15.0. The van der Waals surface area contributed by atoms with Gasteiger partial charge >= 0.3 is 0 Å². The molecule has 1 saturated heterocycles. The van der Waals surface area contributed by atoms with Crippen LogP contribution in [0.3, 0.4) is 0 Å². The Morgan fingerprint density at radius 2 is 1.77 bits per heavy atom. The number of ether oxygens (including phenoxy) is 1. The highest BCUT2D eigenvalue weighted by Gasteiger charge is 2.29. The van der Waals surface area contributed by atoms with Crippen LogP contribution in [0.25, 0.3) is 16.9 Å². The Hall–Kier alpha value is -3.61. The molecule has 0 aliphatic carbocycles. The highest BCUT2D eigenvalue weighted by atomic mass is 16.5. The number of likely N-dealkylation sites (tertiary alicyclic amines) is 1. The minimum Gasteiger partial charge on any atom is -0.497 e. The predicted octanol–water partition coefficient (Wildman–Crippen LogP) is 3.19. The molecule has 1 aromatic heterocycles. The largest absolute Gasteiger partial charge is 0.497 e. The third-order valence-corrected chi connectivity index (χ3v) is 5.76. The van der Waals surface area contributed by atoms with E-state index in [-0.39, 0.29) is 17.7 Å². The first kappa shape index (κ1) is 20.7. The van der Waals surface area contributed by atoms with E-state index in [4.69, 9.17) is 15.6 Å². The van der Waals surface area contributed by atoms with Gasteiger partial charge in [-0.3, -0.25) is 9.59 Å². The summed E-state index contributed by atoms with van der Waals surface area (Å²) in [6, 6.07) is 17.3. The van der Waals surface area contributed by atoms with E-state index in [2.05, 4.69) is 0 Å². The van der Waals surface area contributed by atoms with E-state index in [9.17, 15) is 9.59 Å². The highest BCUT2D eigenvalue weighted by molar-refractivity contribution is 5.94. The van der Waals surface area contributed by atoms with Gasteiger partial charge in [-0.05, 0) is 50.1 Å². The molecule has 31 heavy (non-hydrogen) atoms. The van der Waals surface area contributed by atoms with E-state index in [0.717, 1.165) is 22.6 Å². The molecule has 3 aromatic rings. The molecule has 4 rings (SSSR count). The number of aryl methyl sites for hydroxylation is 1. The fraction of sp³-hybridized carbons (Fsp3) is 0.292. The number of amides is 2. The summed E-state index contributed by atoms with van der Waals surface area (Å²) in [5.74, 6) is 0.157. The molecule has 0 saturated carbocycles. The SMILES string of the molecule is COc1cccc(-c2cc(C(=O)N3CCC(C(N)=O)CC3)n(-c3ccc(C)cc3)n2)c1. The molecule has 0 unspecified atom stereocenters. The molecule has 160 valence electrons. The number of hydrogen-bond donors (Lipinski definition) is 1. The maximum atomic E-state index is 13.4. The highest BCUT2D eigenvalue weighted by Crippen LogP contribution is 2.27. The smallest absolute Gasteiger partial charge is 0.272 e. The van der Waals surface area contributed by atoms with Gasteiger partial charge in [0.05, 0.1) is 18.5 Å². The lowest BCUT2D eigenvalue weighted by Gasteiger charge is -2.30. The van der Waals surface area contributed by atoms with Crippen molar-refractivity contribution in [3.63, 3.8) is 0 Å². The van der Waals surface area contributed by atoms with Gasteiger partial charge in [-0.25, -0.2) is 4.68 Å². The van der Waals surface area contributed by atoms with Gasteiger partial charge in [0.2, 0.25) is 5.91 Å². The van der Waals surface area contributed by atoms with Crippen molar-refractivity contribution in [1.29, 1.82) is 0 Å². The summed E-state index contributed by atoms with van der Waals surface area (Å²) < 4.78 is 7.03. The minimum absolute atomic E-state index is 0.106. The maximum Gasteiger partial charge on any atom is 0.272 e. The minimum atomic E-state index is -0.294. The zero-order valence-electron chi connectivity index (χ0n) is 17.7. The molecule has 7 heteroatoms. The van der Waals surface area contributed by atoms with Gasteiger partial charge in [-0.1, -0.05) is 29.8 Å². The Bertz CT molecular complexity index is 1100. The number of carbonyl (C=O) groups excluding carboxylic acids is 2. The monoisotopic (exact) mass is 418 g/mol. The van der Waals surface area contributed by atoms with Crippen molar-refractivity contribution in [1.82, 2.24) is 14.7 Å². The molecular weight excluding hydrogens is 392 g/mol. The second kappa shape index (κ2) is 8.63. The van der Waals surface area contributed by atoms with Crippen LogP contribution in [0.2, 0.25) is 0 Å². The number of nitrogens with two attached hydrogens (primary N) is 1. The van der Waals surface area contributed by atoms with Gasteiger partial charge in [0.1, 0.15) is 11.4 Å². The van der Waals surface area contributed by atoms with Crippen LogP contribution >= 0.6 is 0 Å². The molecule has 0 atom stereocenters.